The second-order valence-electron chi connectivity index (χ2n) is 7.15. The molecule has 2 heterocycles. The molecule has 7 heteroatoms. The van der Waals surface area contributed by atoms with Crippen LogP contribution in [-0.4, -0.2) is 15.3 Å². The monoisotopic (exact) mass is 385 g/mol. The van der Waals surface area contributed by atoms with Crippen molar-refractivity contribution in [3.05, 3.63) is 69.7 Å². The highest BCUT2D eigenvalue weighted by molar-refractivity contribution is 6.30. The first-order chi connectivity index (χ1) is 12.7. The van der Waals surface area contributed by atoms with Crippen molar-refractivity contribution in [1.82, 2.24) is 9.38 Å². The average molecular weight is 386 g/mol. The van der Waals surface area contributed by atoms with Gasteiger partial charge in [-0.2, -0.15) is 0 Å². The fraction of sp³-hybridized carbons (Fsp3) is 0.250. The molecule has 140 valence electrons. The Bertz CT molecular complexity index is 1050. The average Bonchev–Trinajstić information content (AvgIpc) is 2.61. The molecule has 0 saturated carbocycles. The summed E-state index contributed by atoms with van der Waals surface area (Å²) in [7, 11) is 0. The van der Waals surface area contributed by atoms with E-state index in [1.807, 2.05) is 32.9 Å². The van der Waals surface area contributed by atoms with Gasteiger partial charge < -0.3 is 10.1 Å². The van der Waals surface area contributed by atoms with Crippen molar-refractivity contribution >= 4 is 28.8 Å². The number of para-hydroxylation sites is 2. The quantitative estimate of drug-likeness (QED) is 0.739. The van der Waals surface area contributed by atoms with Crippen LogP contribution in [0.5, 0.6) is 5.75 Å². The molecule has 0 bridgehead atoms. The van der Waals surface area contributed by atoms with Gasteiger partial charge in [0.15, 0.2) is 0 Å². The molecule has 6 nitrogen and oxygen atoms in total. The van der Waals surface area contributed by atoms with Crippen LogP contribution in [0.2, 0.25) is 5.02 Å². The number of aromatic nitrogens is 2. The van der Waals surface area contributed by atoms with E-state index in [4.69, 9.17) is 16.3 Å². The van der Waals surface area contributed by atoms with Crippen LogP contribution in [-0.2, 0) is 11.4 Å². The van der Waals surface area contributed by atoms with E-state index < -0.39 is 5.41 Å². The third-order valence-corrected chi connectivity index (χ3v) is 4.09. The van der Waals surface area contributed by atoms with Gasteiger partial charge in [-0.15, -0.1) is 0 Å². The fourth-order valence-corrected chi connectivity index (χ4v) is 2.52. The minimum atomic E-state index is -0.525. The van der Waals surface area contributed by atoms with E-state index in [1.54, 1.807) is 24.3 Å². The Morgan fingerprint density at radius 3 is 2.70 bits per heavy atom. The van der Waals surface area contributed by atoms with Gasteiger partial charge in [-0.05, 0) is 24.3 Å². The zero-order chi connectivity index (χ0) is 19.6. The highest BCUT2D eigenvalue weighted by Gasteiger charge is 2.22. The van der Waals surface area contributed by atoms with E-state index in [9.17, 15) is 9.59 Å². The summed E-state index contributed by atoms with van der Waals surface area (Å²) in [5, 5.41) is 3.33. The predicted molar refractivity (Wildman–Crippen MR) is 105 cm³/mol. The third kappa shape index (κ3) is 4.46. The molecular weight excluding hydrogens is 366 g/mol. The number of halogens is 1. The number of carbonyl (C=O) groups excluding carboxylic acids is 1. The summed E-state index contributed by atoms with van der Waals surface area (Å²) in [5.74, 6) is 0.394. The van der Waals surface area contributed by atoms with Crippen molar-refractivity contribution in [3.8, 4) is 5.75 Å². The second-order valence-corrected chi connectivity index (χ2v) is 7.59. The number of hydrogen-bond donors (Lipinski definition) is 1. The normalized spacial score (nSPS) is 11.4. The van der Waals surface area contributed by atoms with E-state index in [-0.39, 0.29) is 18.1 Å². The van der Waals surface area contributed by atoms with Crippen molar-refractivity contribution in [2.45, 2.75) is 27.4 Å². The molecular formula is C20H20ClN3O3. The first kappa shape index (κ1) is 18.9. The Hall–Kier alpha value is -2.86. The zero-order valence-electron chi connectivity index (χ0n) is 15.3. The maximum atomic E-state index is 12.2. The lowest BCUT2D eigenvalue weighted by molar-refractivity contribution is -0.123. The summed E-state index contributed by atoms with van der Waals surface area (Å²) in [4.78, 5) is 28.9. The molecule has 1 aromatic carbocycles. The maximum absolute atomic E-state index is 12.2. The van der Waals surface area contributed by atoms with E-state index >= 15 is 0 Å². The number of benzene rings is 1. The summed E-state index contributed by atoms with van der Waals surface area (Å²) in [5.41, 5.74) is 0.777. The summed E-state index contributed by atoms with van der Waals surface area (Å²) < 4.78 is 7.19. The number of hydrogen-bond acceptors (Lipinski definition) is 4. The Balaban J connectivity index is 1.81. The summed E-state index contributed by atoms with van der Waals surface area (Å²) in [6.07, 6.45) is 1.52. The number of rotatable bonds is 4. The Morgan fingerprint density at radius 1 is 1.22 bits per heavy atom. The number of pyridine rings is 1. The van der Waals surface area contributed by atoms with Crippen molar-refractivity contribution in [3.63, 3.8) is 0 Å². The molecule has 0 fully saturated rings. The van der Waals surface area contributed by atoms with Gasteiger partial charge in [-0.3, -0.25) is 14.0 Å². The van der Waals surface area contributed by atoms with Crippen molar-refractivity contribution < 1.29 is 9.53 Å². The van der Waals surface area contributed by atoms with Crippen molar-refractivity contribution in [1.29, 1.82) is 0 Å². The van der Waals surface area contributed by atoms with Crippen LogP contribution in [0.1, 0.15) is 26.5 Å². The predicted octanol–water partition coefficient (Wildman–Crippen LogP) is 3.91. The molecule has 1 N–H and O–H groups in total. The van der Waals surface area contributed by atoms with Crippen LogP contribution in [0.4, 0.5) is 5.69 Å². The number of carbonyl (C=O) groups is 1. The first-order valence-electron chi connectivity index (χ1n) is 8.45. The van der Waals surface area contributed by atoms with Crippen LogP contribution in [0.25, 0.3) is 5.65 Å². The van der Waals surface area contributed by atoms with Crippen LogP contribution < -0.4 is 15.6 Å². The lowest BCUT2D eigenvalue weighted by Crippen LogP contribution is -2.27. The third-order valence-electron chi connectivity index (χ3n) is 3.87. The van der Waals surface area contributed by atoms with Gasteiger partial charge in [0, 0.05) is 17.7 Å². The van der Waals surface area contributed by atoms with E-state index in [1.165, 1.54) is 16.7 Å². The molecule has 0 aliphatic rings. The Labute approximate surface area is 161 Å². The SMILES string of the molecule is CC(C)(C)C(=O)Nc1ccccc1OCc1cc(=O)n2cc(Cl)ccc2n1. The number of anilines is 1. The molecule has 0 saturated heterocycles. The van der Waals surface area contributed by atoms with Gasteiger partial charge in [0.05, 0.1) is 16.4 Å². The van der Waals surface area contributed by atoms with Gasteiger partial charge >= 0.3 is 0 Å². The van der Waals surface area contributed by atoms with Crippen molar-refractivity contribution in [2.24, 2.45) is 5.41 Å². The lowest BCUT2D eigenvalue weighted by Gasteiger charge is -2.19. The number of nitrogens with one attached hydrogen (secondary N) is 1. The summed E-state index contributed by atoms with van der Waals surface area (Å²) >= 11 is 5.92. The van der Waals surface area contributed by atoms with Crippen LogP contribution in [0.3, 0.4) is 0 Å². The van der Waals surface area contributed by atoms with Gasteiger partial charge in [-0.25, -0.2) is 4.98 Å². The molecule has 0 aliphatic heterocycles. The maximum Gasteiger partial charge on any atom is 0.258 e. The molecule has 3 aromatic rings. The highest BCUT2D eigenvalue weighted by Crippen LogP contribution is 2.27. The van der Waals surface area contributed by atoms with Gasteiger partial charge in [0.25, 0.3) is 5.56 Å². The Kier molecular flexibility index (Phi) is 5.19. The van der Waals surface area contributed by atoms with E-state index in [0.717, 1.165) is 0 Å². The molecule has 1 amide bonds. The fourth-order valence-electron chi connectivity index (χ4n) is 2.36. The van der Waals surface area contributed by atoms with E-state index in [2.05, 4.69) is 10.3 Å². The summed E-state index contributed by atoms with van der Waals surface area (Å²) in [6.45, 7) is 5.61. The number of nitrogens with zero attached hydrogens (tertiary/aromatic N) is 2. The minimum Gasteiger partial charge on any atom is -0.485 e. The minimum absolute atomic E-state index is 0.0940. The number of fused-ring (bicyclic) bond motifs is 1. The number of amides is 1. The molecule has 0 unspecified atom stereocenters. The zero-order valence-corrected chi connectivity index (χ0v) is 16.1. The molecule has 2 aromatic heterocycles. The lowest BCUT2D eigenvalue weighted by atomic mass is 9.95. The van der Waals surface area contributed by atoms with Crippen molar-refractivity contribution in [2.75, 3.05) is 5.32 Å². The molecule has 0 spiro atoms. The highest BCUT2D eigenvalue weighted by atomic mass is 35.5. The Morgan fingerprint density at radius 2 is 1.96 bits per heavy atom. The van der Waals surface area contributed by atoms with Crippen LogP contribution >= 0.6 is 11.6 Å². The molecule has 27 heavy (non-hydrogen) atoms. The number of ether oxygens (including phenoxy) is 1. The molecule has 0 radical (unpaired) electrons. The second kappa shape index (κ2) is 7.40. The standard InChI is InChI=1S/C20H20ClN3O3/c1-20(2,3)19(26)23-15-6-4-5-7-16(15)27-12-14-10-18(25)24-11-13(21)8-9-17(24)22-14/h4-11H,12H2,1-3H3,(H,23,26). The van der Waals surface area contributed by atoms with Crippen LogP contribution in [0, 0.1) is 5.41 Å². The van der Waals surface area contributed by atoms with Crippen LogP contribution in [0.15, 0.2) is 53.5 Å². The smallest absolute Gasteiger partial charge is 0.258 e. The summed E-state index contributed by atoms with van der Waals surface area (Å²) in [6, 6.07) is 11.9. The molecule has 0 aliphatic carbocycles. The van der Waals surface area contributed by atoms with Gasteiger partial charge in [0.2, 0.25) is 5.91 Å². The largest absolute Gasteiger partial charge is 0.485 e. The van der Waals surface area contributed by atoms with Gasteiger partial charge in [-0.1, -0.05) is 44.5 Å². The molecule has 3 rings (SSSR count). The first-order valence-corrected chi connectivity index (χ1v) is 8.83. The van der Waals surface area contributed by atoms with E-state index in [0.29, 0.717) is 27.8 Å². The molecule has 0 atom stereocenters. The van der Waals surface area contributed by atoms with Gasteiger partial charge in [0.1, 0.15) is 18.0 Å². The topological polar surface area (TPSA) is 72.7 Å².